The molecule has 0 saturated carbocycles. The summed E-state index contributed by atoms with van der Waals surface area (Å²) in [5.74, 6) is -0.311. The highest BCUT2D eigenvalue weighted by Crippen LogP contribution is 2.28. The van der Waals surface area contributed by atoms with Gasteiger partial charge in [-0.15, -0.1) is 11.3 Å². The number of benzene rings is 2. The number of hydrogen-bond acceptors (Lipinski definition) is 3. The predicted octanol–water partition coefficient (Wildman–Crippen LogP) is 4.55. The molecule has 1 aliphatic rings. The number of halogens is 1. The van der Waals surface area contributed by atoms with Crippen LogP contribution in [0.15, 0.2) is 66.0 Å². The Morgan fingerprint density at radius 1 is 1.11 bits per heavy atom. The van der Waals surface area contributed by atoms with E-state index in [0.717, 1.165) is 35.5 Å². The zero-order valence-electron chi connectivity index (χ0n) is 14.9. The van der Waals surface area contributed by atoms with Crippen molar-refractivity contribution in [1.29, 1.82) is 0 Å². The number of thiophene rings is 1. The van der Waals surface area contributed by atoms with Gasteiger partial charge >= 0.3 is 0 Å². The normalized spacial score (nSPS) is 14.5. The second kappa shape index (κ2) is 7.92. The van der Waals surface area contributed by atoms with Crippen LogP contribution in [0.25, 0.3) is 0 Å². The Hall–Kier alpha value is -2.66. The molecule has 1 aliphatic heterocycles. The number of hydrogen-bond donors (Lipinski definition) is 1. The van der Waals surface area contributed by atoms with E-state index in [1.54, 1.807) is 23.5 Å². The molecule has 138 valence electrons. The minimum atomic E-state index is -0.278. The Balaban J connectivity index is 1.52. The Morgan fingerprint density at radius 2 is 1.93 bits per heavy atom. The molecule has 1 atom stereocenters. The number of nitrogens with one attached hydrogen (secondary N) is 1. The molecule has 1 aromatic heterocycles. The first kappa shape index (κ1) is 17.7. The average Bonchev–Trinajstić information content (AvgIpc) is 3.22. The molecule has 0 spiro atoms. The number of amides is 1. The van der Waals surface area contributed by atoms with Gasteiger partial charge in [-0.25, -0.2) is 4.39 Å². The van der Waals surface area contributed by atoms with Crippen LogP contribution in [0.3, 0.4) is 0 Å². The fraction of sp³-hybridized carbons (Fsp3) is 0.227. The van der Waals surface area contributed by atoms with Crippen LogP contribution in [0.5, 0.6) is 0 Å². The Bertz CT molecular complexity index is 908. The minimum Gasteiger partial charge on any atom is -0.362 e. The summed E-state index contributed by atoms with van der Waals surface area (Å²) in [5.41, 5.74) is 3.32. The van der Waals surface area contributed by atoms with E-state index < -0.39 is 0 Å². The Morgan fingerprint density at radius 3 is 2.70 bits per heavy atom. The quantitative estimate of drug-likeness (QED) is 0.704. The third-order valence-corrected chi connectivity index (χ3v) is 5.81. The van der Waals surface area contributed by atoms with Crippen molar-refractivity contribution in [2.24, 2.45) is 0 Å². The zero-order chi connectivity index (χ0) is 18.6. The SMILES string of the molecule is O=C(CN1CCCc2ccccc21)N[C@H](c1ccc(F)cc1)c1cccs1. The van der Waals surface area contributed by atoms with Gasteiger partial charge in [0.2, 0.25) is 5.91 Å². The summed E-state index contributed by atoms with van der Waals surface area (Å²) >= 11 is 1.58. The van der Waals surface area contributed by atoms with Gasteiger partial charge in [0.15, 0.2) is 0 Å². The fourth-order valence-electron chi connectivity index (χ4n) is 3.59. The molecular weight excluding hydrogens is 359 g/mol. The lowest BCUT2D eigenvalue weighted by Gasteiger charge is -2.31. The van der Waals surface area contributed by atoms with Gasteiger partial charge < -0.3 is 10.2 Å². The molecule has 1 amide bonds. The maximum atomic E-state index is 13.3. The summed E-state index contributed by atoms with van der Waals surface area (Å²) in [4.78, 5) is 16.0. The van der Waals surface area contributed by atoms with E-state index in [4.69, 9.17) is 0 Å². The molecule has 27 heavy (non-hydrogen) atoms. The molecule has 1 N–H and O–H groups in total. The summed E-state index contributed by atoms with van der Waals surface area (Å²) in [7, 11) is 0. The molecule has 3 aromatic rings. The van der Waals surface area contributed by atoms with Gasteiger partial charge in [-0.2, -0.15) is 0 Å². The standard InChI is InChI=1S/C22H21FN2OS/c23-18-11-9-17(10-12-18)22(20-8-4-14-27-20)24-21(26)15-25-13-3-6-16-5-1-2-7-19(16)25/h1-2,4-5,7-12,14,22H,3,6,13,15H2,(H,24,26)/t22-/m1/s1. The molecule has 4 rings (SSSR count). The van der Waals surface area contributed by atoms with E-state index in [0.29, 0.717) is 6.54 Å². The van der Waals surface area contributed by atoms with Crippen molar-refractivity contribution in [1.82, 2.24) is 5.32 Å². The Kier molecular flexibility index (Phi) is 5.21. The molecule has 0 radical (unpaired) electrons. The van der Waals surface area contributed by atoms with Gasteiger partial charge in [-0.1, -0.05) is 36.4 Å². The van der Waals surface area contributed by atoms with Crippen LogP contribution in [0, 0.1) is 5.82 Å². The van der Waals surface area contributed by atoms with E-state index in [1.165, 1.54) is 17.7 Å². The molecule has 0 aliphatic carbocycles. The van der Waals surface area contributed by atoms with Crippen molar-refractivity contribution in [3.05, 3.63) is 87.9 Å². The van der Waals surface area contributed by atoms with E-state index in [9.17, 15) is 9.18 Å². The predicted molar refractivity (Wildman–Crippen MR) is 108 cm³/mol. The van der Waals surface area contributed by atoms with Crippen molar-refractivity contribution in [3.63, 3.8) is 0 Å². The van der Waals surface area contributed by atoms with Crippen LogP contribution < -0.4 is 10.2 Å². The fourth-order valence-corrected chi connectivity index (χ4v) is 4.39. The number of para-hydroxylation sites is 1. The summed E-state index contributed by atoms with van der Waals surface area (Å²) in [6.45, 7) is 1.20. The molecule has 0 fully saturated rings. The molecule has 2 aromatic carbocycles. The van der Waals surface area contributed by atoms with Gasteiger partial charge in [0.25, 0.3) is 0 Å². The minimum absolute atomic E-state index is 0.0329. The lowest BCUT2D eigenvalue weighted by molar-refractivity contribution is -0.120. The molecule has 3 nitrogen and oxygen atoms in total. The summed E-state index contributed by atoms with van der Waals surface area (Å²) < 4.78 is 13.3. The maximum Gasteiger partial charge on any atom is 0.240 e. The van der Waals surface area contributed by atoms with Crippen LogP contribution in [-0.4, -0.2) is 19.0 Å². The summed E-state index contributed by atoms with van der Waals surface area (Å²) in [6, 6.07) is 18.3. The molecule has 0 saturated heterocycles. The number of carbonyl (C=O) groups is 1. The number of aryl methyl sites for hydroxylation is 1. The number of carbonyl (C=O) groups excluding carboxylic acids is 1. The van der Waals surface area contributed by atoms with E-state index in [1.807, 2.05) is 29.6 Å². The van der Waals surface area contributed by atoms with E-state index in [2.05, 4.69) is 22.3 Å². The van der Waals surface area contributed by atoms with Crippen molar-refractivity contribution < 1.29 is 9.18 Å². The number of nitrogens with zero attached hydrogens (tertiary/aromatic N) is 1. The third kappa shape index (κ3) is 4.03. The van der Waals surface area contributed by atoms with E-state index in [-0.39, 0.29) is 17.8 Å². The monoisotopic (exact) mass is 380 g/mol. The van der Waals surface area contributed by atoms with Crippen LogP contribution in [-0.2, 0) is 11.2 Å². The van der Waals surface area contributed by atoms with Gasteiger partial charge in [0.1, 0.15) is 5.82 Å². The second-order valence-corrected chi connectivity index (χ2v) is 7.70. The molecule has 2 heterocycles. The first-order valence-corrected chi connectivity index (χ1v) is 10.00. The highest BCUT2D eigenvalue weighted by atomic mass is 32.1. The number of anilines is 1. The smallest absolute Gasteiger partial charge is 0.240 e. The van der Waals surface area contributed by atoms with Gasteiger partial charge in [-0.3, -0.25) is 4.79 Å². The van der Waals surface area contributed by atoms with Crippen LogP contribution in [0.1, 0.15) is 28.5 Å². The zero-order valence-corrected chi connectivity index (χ0v) is 15.7. The van der Waals surface area contributed by atoms with Crippen molar-refractivity contribution in [2.45, 2.75) is 18.9 Å². The largest absolute Gasteiger partial charge is 0.362 e. The van der Waals surface area contributed by atoms with Crippen LogP contribution in [0.4, 0.5) is 10.1 Å². The first-order chi connectivity index (χ1) is 13.2. The highest BCUT2D eigenvalue weighted by molar-refractivity contribution is 7.10. The summed E-state index contributed by atoms with van der Waals surface area (Å²) in [5, 5.41) is 5.13. The molecule has 5 heteroatoms. The van der Waals surface area contributed by atoms with E-state index >= 15 is 0 Å². The average molecular weight is 380 g/mol. The van der Waals surface area contributed by atoms with Crippen molar-refractivity contribution >= 4 is 22.9 Å². The topological polar surface area (TPSA) is 32.3 Å². The van der Waals surface area contributed by atoms with Crippen molar-refractivity contribution in [2.75, 3.05) is 18.0 Å². The molecule has 0 unspecified atom stereocenters. The molecular formula is C22H21FN2OS. The first-order valence-electron chi connectivity index (χ1n) is 9.12. The second-order valence-electron chi connectivity index (χ2n) is 6.72. The Labute approximate surface area is 162 Å². The lowest BCUT2D eigenvalue weighted by atomic mass is 10.0. The van der Waals surface area contributed by atoms with Crippen LogP contribution >= 0.6 is 11.3 Å². The third-order valence-electron chi connectivity index (χ3n) is 4.88. The number of fused-ring (bicyclic) bond motifs is 1. The van der Waals surface area contributed by atoms with Gasteiger partial charge in [0, 0.05) is 17.1 Å². The summed E-state index contributed by atoms with van der Waals surface area (Å²) in [6.07, 6.45) is 2.11. The maximum absolute atomic E-state index is 13.3. The van der Waals surface area contributed by atoms with Gasteiger partial charge in [0.05, 0.1) is 12.6 Å². The lowest BCUT2D eigenvalue weighted by Crippen LogP contribution is -2.41. The van der Waals surface area contributed by atoms with Gasteiger partial charge in [-0.05, 0) is 53.6 Å². The molecule has 0 bridgehead atoms. The number of rotatable bonds is 5. The highest BCUT2D eigenvalue weighted by Gasteiger charge is 2.22. The van der Waals surface area contributed by atoms with Crippen LogP contribution in [0.2, 0.25) is 0 Å². The van der Waals surface area contributed by atoms with Crippen molar-refractivity contribution in [3.8, 4) is 0 Å².